The molecular weight excluding hydrogens is 428 g/mol. The number of benzene rings is 2. The molecule has 0 aromatic heterocycles. The molecule has 3 nitrogen and oxygen atoms in total. The minimum absolute atomic E-state index is 0.0294. The molecule has 2 aromatic rings. The second-order valence-corrected chi connectivity index (χ2v) is 8.07. The second-order valence-electron chi connectivity index (χ2n) is 7.16. The number of halogens is 1. The van der Waals surface area contributed by atoms with Crippen molar-refractivity contribution in [2.75, 3.05) is 19.8 Å². The van der Waals surface area contributed by atoms with E-state index < -0.39 is 0 Å². The van der Waals surface area contributed by atoms with Gasteiger partial charge in [-0.25, -0.2) is 0 Å². The highest BCUT2D eigenvalue weighted by atomic mass is 79.9. The van der Waals surface area contributed by atoms with Gasteiger partial charge in [-0.1, -0.05) is 73.7 Å². The van der Waals surface area contributed by atoms with Gasteiger partial charge in [0.1, 0.15) is 0 Å². The van der Waals surface area contributed by atoms with Gasteiger partial charge in [0.2, 0.25) is 0 Å². The van der Waals surface area contributed by atoms with Gasteiger partial charge in [0.05, 0.1) is 19.8 Å². The summed E-state index contributed by atoms with van der Waals surface area (Å²) < 4.78 is 13.0. The number of aliphatic hydroxyl groups is 1. The lowest BCUT2D eigenvalue weighted by atomic mass is 10.0. The summed E-state index contributed by atoms with van der Waals surface area (Å²) in [5.41, 5.74) is 2.84. The van der Waals surface area contributed by atoms with Crippen LogP contribution in [-0.4, -0.2) is 24.9 Å². The molecule has 4 heteroatoms. The van der Waals surface area contributed by atoms with Crippen molar-refractivity contribution >= 4 is 27.6 Å². The number of hydrogen-bond acceptors (Lipinski definition) is 3. The minimum Gasteiger partial charge on any atom is -0.490 e. The van der Waals surface area contributed by atoms with Gasteiger partial charge in [-0.15, -0.1) is 0 Å². The Hall–Kier alpha value is -1.78. The highest BCUT2D eigenvalue weighted by Crippen LogP contribution is 2.31. The van der Waals surface area contributed by atoms with Crippen LogP contribution >= 0.6 is 15.9 Å². The second kappa shape index (κ2) is 13.4. The van der Waals surface area contributed by atoms with Gasteiger partial charge in [-0.3, -0.25) is 0 Å². The van der Waals surface area contributed by atoms with Crippen LogP contribution in [0.5, 0.6) is 11.5 Å². The Morgan fingerprint density at radius 3 is 2.21 bits per heavy atom. The smallest absolute Gasteiger partial charge is 0.161 e. The maximum Gasteiger partial charge on any atom is 0.161 e. The Bertz CT molecular complexity index is 770. The van der Waals surface area contributed by atoms with E-state index in [1.54, 1.807) is 0 Å². The average Bonchev–Trinajstić information content (AvgIpc) is 2.73. The summed E-state index contributed by atoms with van der Waals surface area (Å²) in [6.45, 7) is 5.73. The van der Waals surface area contributed by atoms with E-state index in [9.17, 15) is 5.11 Å². The van der Waals surface area contributed by atoms with Crippen molar-refractivity contribution in [3.05, 3.63) is 58.1 Å². The fourth-order valence-corrected chi connectivity index (χ4v) is 3.42. The molecule has 0 unspecified atom stereocenters. The third-order valence-electron chi connectivity index (χ3n) is 4.69. The molecule has 0 amide bonds. The quantitative estimate of drug-likeness (QED) is 0.255. The standard InChI is InChI=1S/C25H33BrO3/c1-3-5-7-14-28-24-13-12-20(17-25(24)29-15-8-6-4-2)16-22(19-27)21-10-9-11-23(26)18-21/h9-13,16-18,27H,3-8,14-15,19H2,1-2H3/b22-16+. The topological polar surface area (TPSA) is 38.7 Å². The summed E-state index contributed by atoms with van der Waals surface area (Å²) in [5.74, 6) is 1.57. The average molecular weight is 461 g/mol. The molecule has 0 atom stereocenters. The minimum atomic E-state index is -0.0294. The van der Waals surface area contributed by atoms with Crippen molar-refractivity contribution in [1.29, 1.82) is 0 Å². The molecule has 0 radical (unpaired) electrons. The van der Waals surface area contributed by atoms with E-state index in [4.69, 9.17) is 9.47 Å². The van der Waals surface area contributed by atoms with E-state index in [0.717, 1.165) is 51.9 Å². The molecule has 2 aromatic carbocycles. The van der Waals surface area contributed by atoms with Crippen LogP contribution in [-0.2, 0) is 0 Å². The van der Waals surface area contributed by atoms with E-state index >= 15 is 0 Å². The first-order valence-corrected chi connectivity index (χ1v) is 11.4. The summed E-state index contributed by atoms with van der Waals surface area (Å²) in [6.07, 6.45) is 8.74. The van der Waals surface area contributed by atoms with Crippen LogP contribution in [0, 0.1) is 0 Å². The van der Waals surface area contributed by atoms with Crippen LogP contribution in [0.2, 0.25) is 0 Å². The maximum atomic E-state index is 9.88. The van der Waals surface area contributed by atoms with Crippen LogP contribution in [0.25, 0.3) is 11.6 Å². The molecule has 0 saturated heterocycles. The van der Waals surface area contributed by atoms with Crippen LogP contribution in [0.1, 0.15) is 63.5 Å². The third kappa shape index (κ3) is 8.23. The van der Waals surface area contributed by atoms with Crippen LogP contribution < -0.4 is 9.47 Å². The van der Waals surface area contributed by atoms with Crippen molar-refractivity contribution < 1.29 is 14.6 Å². The zero-order chi connectivity index (χ0) is 20.9. The molecule has 0 bridgehead atoms. The zero-order valence-electron chi connectivity index (χ0n) is 17.6. The van der Waals surface area contributed by atoms with Crippen molar-refractivity contribution in [1.82, 2.24) is 0 Å². The number of unbranched alkanes of at least 4 members (excludes halogenated alkanes) is 4. The molecule has 29 heavy (non-hydrogen) atoms. The fraction of sp³-hybridized carbons (Fsp3) is 0.440. The lowest BCUT2D eigenvalue weighted by molar-refractivity contribution is 0.259. The van der Waals surface area contributed by atoms with E-state index in [-0.39, 0.29) is 6.61 Å². The first-order chi connectivity index (χ1) is 14.2. The Balaban J connectivity index is 2.21. The Morgan fingerprint density at radius 2 is 1.59 bits per heavy atom. The number of rotatable bonds is 13. The van der Waals surface area contributed by atoms with Gasteiger partial charge in [0, 0.05) is 4.47 Å². The molecule has 0 heterocycles. The first-order valence-electron chi connectivity index (χ1n) is 10.6. The van der Waals surface area contributed by atoms with Crippen molar-refractivity contribution in [2.45, 2.75) is 52.4 Å². The number of aliphatic hydroxyl groups excluding tert-OH is 1. The lowest BCUT2D eigenvalue weighted by Gasteiger charge is -2.14. The maximum absolute atomic E-state index is 9.88. The van der Waals surface area contributed by atoms with Crippen molar-refractivity contribution in [3.8, 4) is 11.5 Å². The molecule has 0 fully saturated rings. The summed E-state index contributed by atoms with van der Waals surface area (Å²) in [5, 5.41) is 9.88. The van der Waals surface area contributed by atoms with Crippen LogP contribution in [0.4, 0.5) is 0 Å². The van der Waals surface area contributed by atoms with Crippen molar-refractivity contribution in [3.63, 3.8) is 0 Å². The normalized spacial score (nSPS) is 11.5. The van der Waals surface area contributed by atoms with Crippen LogP contribution in [0.3, 0.4) is 0 Å². The molecule has 158 valence electrons. The zero-order valence-corrected chi connectivity index (χ0v) is 19.2. The monoisotopic (exact) mass is 460 g/mol. The van der Waals surface area contributed by atoms with Gasteiger partial charge in [0.25, 0.3) is 0 Å². The lowest BCUT2D eigenvalue weighted by Crippen LogP contribution is -2.03. The van der Waals surface area contributed by atoms with Gasteiger partial charge in [-0.2, -0.15) is 0 Å². The summed E-state index contributed by atoms with van der Waals surface area (Å²) in [7, 11) is 0. The number of hydrogen-bond donors (Lipinski definition) is 1. The first kappa shape index (κ1) is 23.5. The van der Waals surface area contributed by atoms with E-state index in [0.29, 0.717) is 13.2 Å². The van der Waals surface area contributed by atoms with Gasteiger partial charge >= 0.3 is 0 Å². The van der Waals surface area contributed by atoms with Gasteiger partial charge in [-0.05, 0) is 59.9 Å². The largest absolute Gasteiger partial charge is 0.490 e. The molecule has 0 spiro atoms. The summed E-state index contributed by atoms with van der Waals surface area (Å²) in [4.78, 5) is 0. The van der Waals surface area contributed by atoms with Gasteiger partial charge < -0.3 is 14.6 Å². The van der Waals surface area contributed by atoms with Crippen LogP contribution in [0.15, 0.2) is 46.9 Å². The molecule has 0 saturated carbocycles. The summed E-state index contributed by atoms with van der Waals surface area (Å²) in [6, 6.07) is 14.0. The Morgan fingerprint density at radius 1 is 0.897 bits per heavy atom. The van der Waals surface area contributed by atoms with E-state index in [1.165, 1.54) is 19.3 Å². The van der Waals surface area contributed by atoms with Crippen molar-refractivity contribution in [2.24, 2.45) is 0 Å². The third-order valence-corrected chi connectivity index (χ3v) is 5.18. The Kier molecular flexibility index (Phi) is 10.9. The van der Waals surface area contributed by atoms with E-state index in [1.807, 2.05) is 48.5 Å². The highest BCUT2D eigenvalue weighted by molar-refractivity contribution is 9.10. The Labute approximate surface area is 183 Å². The molecule has 1 N–H and O–H groups in total. The predicted octanol–water partition coefficient (Wildman–Crippen LogP) is 7.12. The number of ether oxygens (including phenoxy) is 2. The molecule has 0 aliphatic rings. The predicted molar refractivity (Wildman–Crippen MR) is 126 cm³/mol. The van der Waals surface area contributed by atoms with Gasteiger partial charge in [0.15, 0.2) is 11.5 Å². The summed E-state index contributed by atoms with van der Waals surface area (Å²) >= 11 is 3.50. The highest BCUT2D eigenvalue weighted by Gasteiger charge is 2.08. The molecule has 0 aliphatic heterocycles. The van der Waals surface area contributed by atoms with E-state index in [2.05, 4.69) is 29.8 Å². The molecular formula is C25H33BrO3. The SMILES string of the molecule is CCCCCOc1ccc(/C=C(\CO)c2cccc(Br)c2)cc1OCCCCC. The molecule has 2 rings (SSSR count). The molecule has 0 aliphatic carbocycles. The fourth-order valence-electron chi connectivity index (χ4n) is 3.02.